The highest BCUT2D eigenvalue weighted by Gasteiger charge is 2.29. The van der Waals surface area contributed by atoms with Crippen LogP contribution < -0.4 is 18.9 Å². The molecule has 1 aliphatic rings. The Morgan fingerprint density at radius 1 is 1.18 bits per heavy atom. The Labute approximate surface area is 99.9 Å². The Morgan fingerprint density at radius 2 is 1.88 bits per heavy atom. The lowest BCUT2D eigenvalue weighted by Crippen LogP contribution is -2.15. The lowest BCUT2D eigenvalue weighted by Gasteiger charge is -2.26. The van der Waals surface area contributed by atoms with Gasteiger partial charge in [0.15, 0.2) is 11.5 Å². The van der Waals surface area contributed by atoms with Crippen molar-refractivity contribution in [3.63, 3.8) is 0 Å². The van der Waals surface area contributed by atoms with Crippen LogP contribution in [0.4, 0.5) is 0 Å². The monoisotopic (exact) mass is 240 g/mol. The van der Waals surface area contributed by atoms with Gasteiger partial charge in [-0.2, -0.15) is 0 Å². The first-order valence-corrected chi connectivity index (χ1v) is 5.36. The van der Waals surface area contributed by atoms with E-state index in [1.54, 1.807) is 13.2 Å². The zero-order chi connectivity index (χ0) is 12.4. The van der Waals surface area contributed by atoms with Gasteiger partial charge in [-0.25, -0.2) is 0 Å². The van der Waals surface area contributed by atoms with Crippen LogP contribution in [0, 0.1) is 0 Å². The molecule has 17 heavy (non-hydrogen) atoms. The molecule has 0 spiro atoms. The Kier molecular flexibility index (Phi) is 3.28. The molecule has 1 aromatic rings. The number of hydrogen-bond acceptors (Lipinski definition) is 5. The quantitative estimate of drug-likeness (QED) is 0.868. The van der Waals surface area contributed by atoms with Crippen LogP contribution in [0.15, 0.2) is 6.07 Å². The maximum atomic E-state index is 10.0. The van der Waals surface area contributed by atoms with E-state index in [2.05, 4.69) is 0 Å². The molecule has 0 saturated heterocycles. The van der Waals surface area contributed by atoms with Gasteiger partial charge in [0.1, 0.15) is 5.75 Å². The second kappa shape index (κ2) is 4.71. The molecule has 5 nitrogen and oxygen atoms in total. The van der Waals surface area contributed by atoms with Crippen molar-refractivity contribution in [1.29, 1.82) is 0 Å². The fraction of sp³-hybridized carbons (Fsp3) is 0.500. The average molecular weight is 240 g/mol. The first-order valence-electron chi connectivity index (χ1n) is 5.36. The summed E-state index contributed by atoms with van der Waals surface area (Å²) >= 11 is 0. The van der Waals surface area contributed by atoms with E-state index in [1.807, 2.05) is 0 Å². The van der Waals surface area contributed by atoms with Crippen molar-refractivity contribution in [2.24, 2.45) is 0 Å². The van der Waals surface area contributed by atoms with E-state index in [9.17, 15) is 5.11 Å². The smallest absolute Gasteiger partial charge is 0.203 e. The summed E-state index contributed by atoms with van der Waals surface area (Å²) in [5, 5.41) is 10.0. The molecule has 0 radical (unpaired) electrons. The van der Waals surface area contributed by atoms with Crippen LogP contribution in [0.5, 0.6) is 23.0 Å². The third-order valence-corrected chi connectivity index (χ3v) is 2.81. The molecule has 5 heteroatoms. The van der Waals surface area contributed by atoms with E-state index in [0.717, 1.165) is 0 Å². The van der Waals surface area contributed by atoms with E-state index < -0.39 is 6.10 Å². The van der Waals surface area contributed by atoms with Crippen molar-refractivity contribution < 1.29 is 24.1 Å². The number of aliphatic hydroxyl groups is 1. The number of ether oxygens (including phenoxy) is 4. The number of benzene rings is 1. The van der Waals surface area contributed by atoms with Crippen molar-refractivity contribution in [3.8, 4) is 23.0 Å². The molecule has 0 bridgehead atoms. The van der Waals surface area contributed by atoms with Crippen LogP contribution in [0.2, 0.25) is 0 Å². The molecule has 1 atom stereocenters. The molecule has 2 rings (SSSR count). The summed E-state index contributed by atoms with van der Waals surface area (Å²) in [6, 6.07) is 1.71. The molecule has 1 heterocycles. The lowest BCUT2D eigenvalue weighted by molar-refractivity contribution is 0.110. The predicted octanol–water partition coefficient (Wildman–Crippen LogP) is 1.53. The highest BCUT2D eigenvalue weighted by atomic mass is 16.5. The highest BCUT2D eigenvalue weighted by Crippen LogP contribution is 2.49. The Bertz CT molecular complexity index is 416. The minimum absolute atomic E-state index is 0.467. The SMILES string of the molecule is COc1cc2c(c(OC)c1OC)[C@H](O)CCO2. The van der Waals surface area contributed by atoms with Gasteiger partial charge >= 0.3 is 0 Å². The normalized spacial score (nSPS) is 18.0. The third kappa shape index (κ3) is 1.86. The van der Waals surface area contributed by atoms with Crippen molar-refractivity contribution in [1.82, 2.24) is 0 Å². The summed E-state index contributed by atoms with van der Waals surface area (Å²) in [4.78, 5) is 0. The average Bonchev–Trinajstić information content (AvgIpc) is 2.36. The van der Waals surface area contributed by atoms with Crippen LogP contribution in [0.3, 0.4) is 0 Å². The van der Waals surface area contributed by atoms with Crippen LogP contribution >= 0.6 is 0 Å². The lowest BCUT2D eigenvalue weighted by atomic mass is 10.0. The minimum Gasteiger partial charge on any atom is -0.493 e. The van der Waals surface area contributed by atoms with Crippen LogP contribution in [-0.2, 0) is 0 Å². The zero-order valence-corrected chi connectivity index (χ0v) is 10.1. The predicted molar refractivity (Wildman–Crippen MR) is 61.2 cm³/mol. The van der Waals surface area contributed by atoms with Gasteiger partial charge in [0.2, 0.25) is 5.75 Å². The Balaban J connectivity index is 2.65. The van der Waals surface area contributed by atoms with Gasteiger partial charge in [0.25, 0.3) is 0 Å². The Hall–Kier alpha value is -1.62. The van der Waals surface area contributed by atoms with Gasteiger partial charge in [0, 0.05) is 12.5 Å². The molecule has 0 aromatic heterocycles. The highest BCUT2D eigenvalue weighted by molar-refractivity contribution is 5.62. The number of hydrogen-bond donors (Lipinski definition) is 1. The maximum Gasteiger partial charge on any atom is 0.203 e. The largest absolute Gasteiger partial charge is 0.493 e. The van der Waals surface area contributed by atoms with E-state index in [1.165, 1.54) is 14.2 Å². The van der Waals surface area contributed by atoms with Gasteiger partial charge in [-0.15, -0.1) is 0 Å². The fourth-order valence-corrected chi connectivity index (χ4v) is 2.02. The summed E-state index contributed by atoms with van der Waals surface area (Å²) in [5.41, 5.74) is 0.622. The molecule has 0 saturated carbocycles. The summed E-state index contributed by atoms with van der Waals surface area (Å²) in [7, 11) is 4.60. The zero-order valence-electron chi connectivity index (χ0n) is 10.1. The van der Waals surface area contributed by atoms with Gasteiger partial charge < -0.3 is 24.1 Å². The van der Waals surface area contributed by atoms with Crippen molar-refractivity contribution in [3.05, 3.63) is 11.6 Å². The molecule has 0 aliphatic carbocycles. The molecule has 0 fully saturated rings. The molecule has 1 N–H and O–H groups in total. The van der Waals surface area contributed by atoms with E-state index in [0.29, 0.717) is 41.6 Å². The van der Waals surface area contributed by atoms with Gasteiger partial charge in [-0.3, -0.25) is 0 Å². The van der Waals surface area contributed by atoms with Crippen LogP contribution in [0.1, 0.15) is 18.1 Å². The maximum absolute atomic E-state index is 10.0. The summed E-state index contributed by atoms with van der Waals surface area (Å²) < 4.78 is 21.3. The first kappa shape index (κ1) is 11.9. The van der Waals surface area contributed by atoms with Gasteiger partial charge in [-0.05, 0) is 0 Å². The molecular formula is C12H16O5. The molecule has 94 valence electrons. The van der Waals surface area contributed by atoms with Gasteiger partial charge in [0.05, 0.1) is 39.6 Å². The summed E-state index contributed by atoms with van der Waals surface area (Å²) in [6.45, 7) is 0.479. The van der Waals surface area contributed by atoms with Gasteiger partial charge in [-0.1, -0.05) is 0 Å². The first-order chi connectivity index (χ1) is 8.22. The molecule has 1 aliphatic heterocycles. The molecule has 1 aromatic carbocycles. The van der Waals surface area contributed by atoms with E-state index in [4.69, 9.17) is 18.9 Å². The number of aliphatic hydroxyl groups excluding tert-OH is 1. The van der Waals surface area contributed by atoms with Crippen molar-refractivity contribution in [2.45, 2.75) is 12.5 Å². The van der Waals surface area contributed by atoms with Crippen molar-refractivity contribution >= 4 is 0 Å². The van der Waals surface area contributed by atoms with E-state index >= 15 is 0 Å². The van der Waals surface area contributed by atoms with Crippen LogP contribution in [0.25, 0.3) is 0 Å². The number of rotatable bonds is 3. The number of fused-ring (bicyclic) bond motifs is 1. The Morgan fingerprint density at radius 3 is 2.47 bits per heavy atom. The topological polar surface area (TPSA) is 57.2 Å². The van der Waals surface area contributed by atoms with E-state index in [-0.39, 0.29) is 0 Å². The standard InChI is InChI=1S/C12H16O5/c1-14-9-6-8-10(7(13)4-5-17-8)12(16-3)11(9)15-2/h6-7,13H,4-5H2,1-3H3/t7-/m1/s1. The fourth-order valence-electron chi connectivity index (χ4n) is 2.02. The summed E-state index contributed by atoms with van der Waals surface area (Å²) in [6.07, 6.45) is -0.0627. The third-order valence-electron chi connectivity index (χ3n) is 2.81. The van der Waals surface area contributed by atoms with Crippen LogP contribution in [-0.4, -0.2) is 33.0 Å². The minimum atomic E-state index is -0.603. The van der Waals surface area contributed by atoms with Crippen molar-refractivity contribution in [2.75, 3.05) is 27.9 Å². The summed E-state index contributed by atoms with van der Waals surface area (Å²) in [5.74, 6) is 2.04. The molecule has 0 unspecified atom stereocenters. The second-order valence-corrected chi connectivity index (χ2v) is 3.71. The number of methoxy groups -OCH3 is 3. The molecule has 0 amide bonds. The second-order valence-electron chi connectivity index (χ2n) is 3.71. The molecular weight excluding hydrogens is 224 g/mol.